The van der Waals surface area contributed by atoms with Crippen molar-refractivity contribution in [2.24, 2.45) is 46.3 Å². The van der Waals surface area contributed by atoms with E-state index >= 15 is 0 Å². The minimum atomic E-state index is -0.748. The molecule has 4 N–H and O–H groups in total. The summed E-state index contributed by atoms with van der Waals surface area (Å²) in [5.74, 6) is 0.997. The van der Waals surface area contributed by atoms with E-state index in [2.05, 4.69) is 20.8 Å². The van der Waals surface area contributed by atoms with Gasteiger partial charge in [-0.3, -0.25) is 4.79 Å². The van der Waals surface area contributed by atoms with E-state index in [0.29, 0.717) is 30.1 Å². The van der Waals surface area contributed by atoms with E-state index in [1.54, 1.807) is 0 Å². The molecule has 0 aromatic rings. The van der Waals surface area contributed by atoms with Gasteiger partial charge in [0.05, 0.1) is 18.3 Å². The lowest BCUT2D eigenvalue weighted by atomic mass is 9.43. The Morgan fingerprint density at radius 3 is 2.45 bits per heavy atom. The van der Waals surface area contributed by atoms with Crippen molar-refractivity contribution in [1.29, 1.82) is 0 Å². The molecule has 0 radical (unpaired) electrons. The summed E-state index contributed by atoms with van der Waals surface area (Å²) in [5.41, 5.74) is -0.143. The first kappa shape index (κ1) is 21.6. The van der Waals surface area contributed by atoms with Crippen LogP contribution in [0.2, 0.25) is 0 Å². The molecule has 4 saturated carbocycles. The van der Waals surface area contributed by atoms with E-state index in [1.807, 2.05) is 0 Å². The number of hydrogen-bond acceptors (Lipinski definition) is 4. The monoisotopic (exact) mass is 408 g/mol. The van der Waals surface area contributed by atoms with Gasteiger partial charge in [-0.2, -0.15) is 0 Å². The topological polar surface area (TPSA) is 98.0 Å². The smallest absolute Gasteiger partial charge is 0.303 e. The highest BCUT2D eigenvalue weighted by molar-refractivity contribution is 5.66. The van der Waals surface area contributed by atoms with Gasteiger partial charge < -0.3 is 20.4 Å². The van der Waals surface area contributed by atoms with Crippen LogP contribution in [0.4, 0.5) is 0 Å². The molecule has 29 heavy (non-hydrogen) atoms. The lowest BCUT2D eigenvalue weighted by molar-refractivity contribution is -0.207. The lowest BCUT2D eigenvalue weighted by Crippen LogP contribution is -2.62. The fourth-order valence-corrected chi connectivity index (χ4v) is 8.68. The minimum Gasteiger partial charge on any atom is -0.481 e. The molecule has 4 fully saturated rings. The van der Waals surface area contributed by atoms with Gasteiger partial charge >= 0.3 is 5.97 Å². The average Bonchev–Trinajstić information content (AvgIpc) is 3.01. The van der Waals surface area contributed by atoms with Crippen LogP contribution in [0.25, 0.3) is 0 Å². The van der Waals surface area contributed by atoms with E-state index in [1.165, 1.54) is 0 Å². The van der Waals surface area contributed by atoms with Crippen LogP contribution in [-0.2, 0) is 4.79 Å². The summed E-state index contributed by atoms with van der Waals surface area (Å²) < 4.78 is 0. The van der Waals surface area contributed by atoms with Crippen LogP contribution in [0.3, 0.4) is 0 Å². The van der Waals surface area contributed by atoms with Crippen LogP contribution in [0.5, 0.6) is 0 Å². The average molecular weight is 409 g/mol. The maximum atomic E-state index is 11.5. The molecular weight excluding hydrogens is 368 g/mol. The van der Waals surface area contributed by atoms with E-state index in [4.69, 9.17) is 5.11 Å². The molecule has 0 amide bonds. The van der Waals surface area contributed by atoms with Crippen LogP contribution in [0.1, 0.15) is 78.6 Å². The predicted octanol–water partition coefficient (Wildman–Crippen LogP) is 3.45. The number of hydrogen-bond donors (Lipinski definition) is 4. The Hall–Kier alpha value is -0.650. The molecule has 166 valence electrons. The first-order valence-electron chi connectivity index (χ1n) is 11.8. The molecule has 11 atom stereocenters. The molecule has 0 heterocycles. The Kier molecular flexibility index (Phi) is 5.57. The zero-order chi connectivity index (χ0) is 21.1. The summed E-state index contributed by atoms with van der Waals surface area (Å²) in [4.78, 5) is 11.1. The van der Waals surface area contributed by atoms with Crippen molar-refractivity contribution in [2.75, 3.05) is 0 Å². The Morgan fingerprint density at radius 1 is 1.03 bits per heavy atom. The number of carboxylic acid groups (broad SMARTS) is 1. The van der Waals surface area contributed by atoms with Gasteiger partial charge in [0, 0.05) is 6.42 Å². The number of aliphatic hydroxyl groups is 3. The van der Waals surface area contributed by atoms with Crippen molar-refractivity contribution < 1.29 is 25.2 Å². The molecule has 0 aliphatic heterocycles. The third-order valence-electron chi connectivity index (χ3n) is 10.3. The van der Waals surface area contributed by atoms with E-state index in [-0.39, 0.29) is 41.3 Å². The summed E-state index contributed by atoms with van der Waals surface area (Å²) in [5, 5.41) is 42.0. The summed E-state index contributed by atoms with van der Waals surface area (Å²) >= 11 is 0. The summed E-state index contributed by atoms with van der Waals surface area (Å²) in [6, 6.07) is 0. The van der Waals surface area contributed by atoms with Gasteiger partial charge in [-0.1, -0.05) is 20.8 Å². The molecule has 0 saturated heterocycles. The first-order valence-corrected chi connectivity index (χ1v) is 11.8. The van der Waals surface area contributed by atoms with Gasteiger partial charge in [0.15, 0.2) is 0 Å². The minimum absolute atomic E-state index is 0.0957. The van der Waals surface area contributed by atoms with Crippen LogP contribution in [-0.4, -0.2) is 44.7 Å². The molecule has 4 aliphatic rings. The first-order chi connectivity index (χ1) is 13.6. The van der Waals surface area contributed by atoms with Crippen molar-refractivity contribution in [1.82, 2.24) is 0 Å². The summed E-state index contributed by atoms with van der Waals surface area (Å²) in [6.45, 7) is 6.72. The molecule has 0 aromatic carbocycles. The maximum absolute atomic E-state index is 11.5. The molecule has 4 rings (SSSR count). The number of carboxylic acids is 1. The predicted molar refractivity (Wildman–Crippen MR) is 110 cm³/mol. The van der Waals surface area contributed by atoms with Crippen LogP contribution >= 0.6 is 0 Å². The largest absolute Gasteiger partial charge is 0.481 e. The van der Waals surface area contributed by atoms with Crippen LogP contribution < -0.4 is 0 Å². The number of fused-ring (bicyclic) bond motifs is 5. The SMILES string of the molecule is C[C@H](CCC(=O)O)[C@H]1CC[C@H]2[C@@H]3[C@H](O)C[C@H]4C[C@H](O)CC[C@]4(C)[C@H]3C[C@@H](O)[C@]12C. The number of aliphatic hydroxyl groups excluding tert-OH is 3. The summed E-state index contributed by atoms with van der Waals surface area (Å²) in [6.07, 6.45) is 6.00. The molecule has 0 spiro atoms. The second-order valence-electron chi connectivity index (χ2n) is 11.4. The third-order valence-corrected chi connectivity index (χ3v) is 10.3. The molecule has 5 heteroatoms. The quantitative estimate of drug-likeness (QED) is 0.571. The van der Waals surface area contributed by atoms with Gasteiger partial charge in [-0.15, -0.1) is 0 Å². The van der Waals surface area contributed by atoms with Gasteiger partial charge in [0.25, 0.3) is 0 Å². The van der Waals surface area contributed by atoms with Crippen molar-refractivity contribution in [3.63, 3.8) is 0 Å². The Balaban J connectivity index is 1.61. The maximum Gasteiger partial charge on any atom is 0.303 e. The number of carbonyl (C=O) groups is 1. The zero-order valence-electron chi connectivity index (χ0n) is 18.3. The lowest BCUT2D eigenvalue weighted by Gasteiger charge is -2.63. The number of rotatable bonds is 4. The van der Waals surface area contributed by atoms with Crippen molar-refractivity contribution >= 4 is 5.97 Å². The second-order valence-corrected chi connectivity index (χ2v) is 11.4. The second kappa shape index (κ2) is 7.49. The fraction of sp³-hybridized carbons (Fsp3) is 0.958. The number of aliphatic carboxylic acids is 1. The highest BCUT2D eigenvalue weighted by atomic mass is 16.4. The van der Waals surface area contributed by atoms with Crippen molar-refractivity contribution in [2.45, 2.75) is 96.9 Å². The Morgan fingerprint density at radius 2 is 1.76 bits per heavy atom. The summed E-state index contributed by atoms with van der Waals surface area (Å²) in [7, 11) is 0. The van der Waals surface area contributed by atoms with Crippen LogP contribution in [0.15, 0.2) is 0 Å². The molecule has 0 bridgehead atoms. The molecule has 0 unspecified atom stereocenters. The Bertz CT molecular complexity index is 637. The van der Waals surface area contributed by atoms with E-state index < -0.39 is 12.1 Å². The van der Waals surface area contributed by atoms with Crippen molar-refractivity contribution in [3.8, 4) is 0 Å². The molecule has 0 aromatic heterocycles. The van der Waals surface area contributed by atoms with E-state index in [0.717, 1.165) is 44.9 Å². The third kappa shape index (κ3) is 3.27. The molecule has 5 nitrogen and oxygen atoms in total. The highest BCUT2D eigenvalue weighted by Crippen LogP contribution is 2.68. The normalized spacial score (nSPS) is 52.9. The Labute approximate surface area is 174 Å². The fourth-order valence-electron chi connectivity index (χ4n) is 8.68. The standard InChI is InChI=1S/C24H40O5/c1-13(4-7-21(28)29)16-5-6-17-22-18(12-20(27)24(16,17)3)23(2)9-8-15(25)10-14(23)11-19(22)26/h13-20,22,25-27H,4-12H2,1-3H3,(H,28,29)/t13-,14-,15-,16-,17+,18+,19-,20-,22+,23+,24-/m1/s1. The van der Waals surface area contributed by atoms with Crippen molar-refractivity contribution in [3.05, 3.63) is 0 Å². The molecule has 4 aliphatic carbocycles. The van der Waals surface area contributed by atoms with E-state index in [9.17, 15) is 20.1 Å². The van der Waals surface area contributed by atoms with Gasteiger partial charge in [0.1, 0.15) is 0 Å². The van der Waals surface area contributed by atoms with Gasteiger partial charge in [0.2, 0.25) is 0 Å². The highest BCUT2D eigenvalue weighted by Gasteiger charge is 2.65. The van der Waals surface area contributed by atoms with Gasteiger partial charge in [-0.05, 0) is 97.7 Å². The zero-order valence-corrected chi connectivity index (χ0v) is 18.3. The van der Waals surface area contributed by atoms with Crippen LogP contribution in [0, 0.1) is 46.3 Å². The van der Waals surface area contributed by atoms with Gasteiger partial charge in [-0.25, -0.2) is 0 Å². The molecular formula is C24H40O5.